The van der Waals surface area contributed by atoms with E-state index in [0.717, 1.165) is 12.8 Å². The van der Waals surface area contributed by atoms with Gasteiger partial charge in [0.05, 0.1) is 0 Å². The summed E-state index contributed by atoms with van der Waals surface area (Å²) in [7, 11) is 1.57. The third-order valence-electron chi connectivity index (χ3n) is 3.17. The molecule has 5 heteroatoms. The Morgan fingerprint density at radius 3 is 2.65 bits per heavy atom. The Bertz CT molecular complexity index is 263. The first kappa shape index (κ1) is 14.0. The summed E-state index contributed by atoms with van der Waals surface area (Å²) in [6.07, 6.45) is 4.89. The minimum Gasteiger partial charge on any atom is -0.480 e. The van der Waals surface area contributed by atoms with Crippen LogP contribution in [-0.2, 0) is 14.3 Å². The number of hydrogen-bond donors (Lipinski definition) is 2. The highest BCUT2D eigenvalue weighted by molar-refractivity contribution is 5.83. The molecule has 1 aliphatic rings. The summed E-state index contributed by atoms with van der Waals surface area (Å²) < 4.78 is 4.86. The first-order chi connectivity index (χ1) is 8.13. The van der Waals surface area contributed by atoms with E-state index in [2.05, 4.69) is 5.32 Å². The van der Waals surface area contributed by atoms with Gasteiger partial charge < -0.3 is 15.2 Å². The molecule has 1 rings (SSSR count). The Hall–Kier alpha value is -1.10. The predicted octanol–water partition coefficient (Wildman–Crippen LogP) is 1.17. The molecule has 0 heterocycles. The van der Waals surface area contributed by atoms with E-state index in [0.29, 0.717) is 31.8 Å². The average Bonchev–Trinajstić information content (AvgIpc) is 2.22. The molecular formula is C12H21NO4. The molecule has 1 saturated carbocycles. The van der Waals surface area contributed by atoms with E-state index in [1.807, 2.05) is 0 Å². The van der Waals surface area contributed by atoms with Crippen molar-refractivity contribution in [2.24, 2.45) is 5.92 Å². The summed E-state index contributed by atoms with van der Waals surface area (Å²) in [4.78, 5) is 22.5. The molecule has 1 unspecified atom stereocenters. The molecule has 5 nitrogen and oxygen atoms in total. The Labute approximate surface area is 102 Å². The number of carboxylic acids is 1. The maximum atomic E-state index is 11.6. The SMILES string of the molecule is COCCCC(NC(=O)CC1CCC1)C(=O)O. The molecule has 0 aromatic carbocycles. The first-order valence-corrected chi connectivity index (χ1v) is 6.14. The van der Waals surface area contributed by atoms with Gasteiger partial charge in [-0.3, -0.25) is 4.79 Å². The number of carbonyl (C=O) groups is 2. The molecule has 17 heavy (non-hydrogen) atoms. The second kappa shape index (κ2) is 7.27. The molecule has 1 aliphatic carbocycles. The highest BCUT2D eigenvalue weighted by Crippen LogP contribution is 2.29. The zero-order valence-electron chi connectivity index (χ0n) is 10.3. The lowest BCUT2D eigenvalue weighted by Crippen LogP contribution is -2.41. The van der Waals surface area contributed by atoms with Crippen LogP contribution in [-0.4, -0.2) is 36.7 Å². The summed E-state index contributed by atoms with van der Waals surface area (Å²) in [6.45, 7) is 0.516. The number of rotatable bonds is 8. The van der Waals surface area contributed by atoms with Gasteiger partial charge in [0.2, 0.25) is 5.91 Å². The van der Waals surface area contributed by atoms with Crippen molar-refractivity contribution in [2.75, 3.05) is 13.7 Å². The van der Waals surface area contributed by atoms with Gasteiger partial charge in [0, 0.05) is 20.1 Å². The van der Waals surface area contributed by atoms with E-state index >= 15 is 0 Å². The normalized spacial score (nSPS) is 17.2. The number of carbonyl (C=O) groups excluding carboxylic acids is 1. The van der Waals surface area contributed by atoms with Crippen molar-refractivity contribution >= 4 is 11.9 Å². The van der Waals surface area contributed by atoms with Crippen LogP contribution in [0.2, 0.25) is 0 Å². The zero-order chi connectivity index (χ0) is 12.7. The Kier molecular flexibility index (Phi) is 5.97. The minimum absolute atomic E-state index is 0.139. The van der Waals surface area contributed by atoms with Gasteiger partial charge in [-0.15, -0.1) is 0 Å². The van der Waals surface area contributed by atoms with Gasteiger partial charge in [-0.2, -0.15) is 0 Å². The number of aliphatic carboxylic acids is 1. The Balaban J connectivity index is 2.26. The fourth-order valence-corrected chi connectivity index (χ4v) is 1.90. The fraction of sp³-hybridized carbons (Fsp3) is 0.833. The van der Waals surface area contributed by atoms with Crippen LogP contribution >= 0.6 is 0 Å². The van der Waals surface area contributed by atoms with E-state index < -0.39 is 12.0 Å². The number of amides is 1. The van der Waals surface area contributed by atoms with E-state index in [-0.39, 0.29) is 5.91 Å². The van der Waals surface area contributed by atoms with Crippen LogP contribution in [0.4, 0.5) is 0 Å². The topological polar surface area (TPSA) is 75.6 Å². The van der Waals surface area contributed by atoms with Crippen LogP contribution in [0, 0.1) is 5.92 Å². The summed E-state index contributed by atoms with van der Waals surface area (Å²) >= 11 is 0. The van der Waals surface area contributed by atoms with Crippen LogP contribution in [0.1, 0.15) is 38.5 Å². The van der Waals surface area contributed by atoms with E-state index in [4.69, 9.17) is 9.84 Å². The molecule has 0 spiro atoms. The highest BCUT2D eigenvalue weighted by Gasteiger charge is 2.24. The van der Waals surface area contributed by atoms with Crippen molar-refractivity contribution in [3.05, 3.63) is 0 Å². The number of hydrogen-bond acceptors (Lipinski definition) is 3. The van der Waals surface area contributed by atoms with Gasteiger partial charge in [0.15, 0.2) is 0 Å². The highest BCUT2D eigenvalue weighted by atomic mass is 16.5. The molecule has 0 saturated heterocycles. The summed E-state index contributed by atoms with van der Waals surface area (Å²) in [5.41, 5.74) is 0. The second-order valence-electron chi connectivity index (χ2n) is 4.59. The smallest absolute Gasteiger partial charge is 0.326 e. The monoisotopic (exact) mass is 243 g/mol. The fourth-order valence-electron chi connectivity index (χ4n) is 1.90. The van der Waals surface area contributed by atoms with Crippen LogP contribution in [0.5, 0.6) is 0 Å². The van der Waals surface area contributed by atoms with Crippen molar-refractivity contribution in [2.45, 2.75) is 44.6 Å². The minimum atomic E-state index is -0.969. The number of nitrogens with one attached hydrogen (secondary N) is 1. The maximum absolute atomic E-state index is 11.6. The van der Waals surface area contributed by atoms with Crippen LogP contribution in [0.25, 0.3) is 0 Å². The summed E-state index contributed by atoms with van der Waals surface area (Å²) in [6, 6.07) is -0.780. The van der Waals surface area contributed by atoms with Gasteiger partial charge in [-0.05, 0) is 31.6 Å². The van der Waals surface area contributed by atoms with Crippen LogP contribution in [0.3, 0.4) is 0 Å². The van der Waals surface area contributed by atoms with Gasteiger partial charge in [0.1, 0.15) is 6.04 Å². The quantitative estimate of drug-likeness (QED) is 0.627. The van der Waals surface area contributed by atoms with Crippen molar-refractivity contribution < 1.29 is 19.4 Å². The molecule has 0 aliphatic heterocycles. The van der Waals surface area contributed by atoms with Crippen molar-refractivity contribution in [1.82, 2.24) is 5.32 Å². The van der Waals surface area contributed by atoms with E-state index in [9.17, 15) is 9.59 Å². The average molecular weight is 243 g/mol. The van der Waals surface area contributed by atoms with Crippen LogP contribution in [0.15, 0.2) is 0 Å². The molecule has 1 amide bonds. The summed E-state index contributed by atoms with van der Waals surface area (Å²) in [5, 5.41) is 11.6. The zero-order valence-corrected chi connectivity index (χ0v) is 10.3. The van der Waals surface area contributed by atoms with E-state index in [1.54, 1.807) is 7.11 Å². The number of methoxy groups -OCH3 is 1. The lowest BCUT2D eigenvalue weighted by atomic mass is 9.83. The maximum Gasteiger partial charge on any atom is 0.326 e. The third-order valence-corrected chi connectivity index (χ3v) is 3.17. The van der Waals surface area contributed by atoms with Gasteiger partial charge in [-0.25, -0.2) is 4.79 Å². The molecule has 0 bridgehead atoms. The lowest BCUT2D eigenvalue weighted by molar-refractivity contribution is -0.142. The van der Waals surface area contributed by atoms with Gasteiger partial charge in [0.25, 0.3) is 0 Å². The molecule has 0 aromatic rings. The first-order valence-electron chi connectivity index (χ1n) is 6.14. The molecule has 98 valence electrons. The molecule has 0 radical (unpaired) electrons. The number of carboxylic acid groups (broad SMARTS) is 1. The Morgan fingerprint density at radius 1 is 1.47 bits per heavy atom. The van der Waals surface area contributed by atoms with Crippen molar-refractivity contribution in [1.29, 1.82) is 0 Å². The van der Waals surface area contributed by atoms with Gasteiger partial charge >= 0.3 is 5.97 Å². The van der Waals surface area contributed by atoms with Gasteiger partial charge in [-0.1, -0.05) is 6.42 Å². The van der Waals surface area contributed by atoms with Crippen molar-refractivity contribution in [3.8, 4) is 0 Å². The molecule has 0 aromatic heterocycles. The van der Waals surface area contributed by atoms with E-state index in [1.165, 1.54) is 6.42 Å². The van der Waals surface area contributed by atoms with Crippen LogP contribution < -0.4 is 5.32 Å². The lowest BCUT2D eigenvalue weighted by Gasteiger charge is -2.25. The molecule has 1 fully saturated rings. The molecule has 1 atom stereocenters. The molecular weight excluding hydrogens is 222 g/mol. The standard InChI is InChI=1S/C12H21NO4/c1-17-7-3-6-10(12(15)16)13-11(14)8-9-4-2-5-9/h9-10H,2-8H2,1H3,(H,13,14)(H,15,16). The Morgan fingerprint density at radius 2 is 2.18 bits per heavy atom. The molecule has 2 N–H and O–H groups in total. The number of ether oxygens (including phenoxy) is 1. The third kappa shape index (κ3) is 5.17. The predicted molar refractivity (Wildman–Crippen MR) is 62.6 cm³/mol. The largest absolute Gasteiger partial charge is 0.480 e. The van der Waals surface area contributed by atoms with Crippen molar-refractivity contribution in [3.63, 3.8) is 0 Å². The summed E-state index contributed by atoms with van der Waals surface area (Å²) in [5.74, 6) is -0.647. The second-order valence-corrected chi connectivity index (χ2v) is 4.59.